The third-order valence-corrected chi connectivity index (χ3v) is 6.39. The third-order valence-electron chi connectivity index (χ3n) is 6.39. The van der Waals surface area contributed by atoms with Crippen LogP contribution in [-0.4, -0.2) is 16.5 Å². The normalized spacial score (nSPS) is 36.8. The number of carbonyl (C=O) groups excluding carboxylic acids is 1. The molecule has 0 aromatic rings. The Hall–Kier alpha value is -0.630. The minimum atomic E-state index is -0.668. The highest BCUT2D eigenvalue weighted by Gasteiger charge is 2.51. The Morgan fingerprint density at radius 3 is 2.57 bits per heavy atom. The molecule has 0 aliphatic heterocycles. The van der Waals surface area contributed by atoms with Crippen LogP contribution in [0.1, 0.15) is 66.7 Å². The van der Waals surface area contributed by atoms with Crippen LogP contribution in [0, 0.1) is 29.1 Å². The standard InChI is InChI=1S/C19H32O2/c1-13(8-9-14(2)18(3,4)21)15-10-11-16-17(20)7-6-12-19(15,16)5/h8-9,13-16,21H,6-7,10-12H2,1-5H3/t13-,14+,15-,16+,19-/m1/s1. The number of allylic oxidation sites excluding steroid dienone is 1. The third kappa shape index (κ3) is 3.26. The highest BCUT2D eigenvalue weighted by atomic mass is 16.3. The van der Waals surface area contributed by atoms with Gasteiger partial charge < -0.3 is 5.11 Å². The first-order valence-corrected chi connectivity index (χ1v) is 8.59. The van der Waals surface area contributed by atoms with E-state index in [-0.39, 0.29) is 11.3 Å². The lowest BCUT2D eigenvalue weighted by Crippen LogP contribution is -2.39. The monoisotopic (exact) mass is 292 g/mol. The number of fused-ring (bicyclic) bond motifs is 1. The first-order valence-electron chi connectivity index (χ1n) is 8.59. The fraction of sp³-hybridized carbons (Fsp3) is 0.842. The molecule has 0 aromatic heterocycles. The molecule has 2 aliphatic rings. The van der Waals surface area contributed by atoms with Gasteiger partial charge in [-0.2, -0.15) is 0 Å². The lowest BCUT2D eigenvalue weighted by molar-refractivity contribution is -0.129. The molecule has 120 valence electrons. The van der Waals surface area contributed by atoms with Crippen molar-refractivity contribution >= 4 is 5.78 Å². The molecule has 0 radical (unpaired) electrons. The number of ketones is 1. The molecular weight excluding hydrogens is 260 g/mol. The van der Waals surface area contributed by atoms with Crippen LogP contribution >= 0.6 is 0 Å². The van der Waals surface area contributed by atoms with Gasteiger partial charge in [-0.05, 0) is 56.8 Å². The van der Waals surface area contributed by atoms with Crippen LogP contribution in [0.15, 0.2) is 12.2 Å². The molecule has 0 aromatic carbocycles. The Labute approximate surface area is 130 Å². The van der Waals surface area contributed by atoms with Gasteiger partial charge in [-0.1, -0.05) is 32.9 Å². The second kappa shape index (κ2) is 5.87. The van der Waals surface area contributed by atoms with Gasteiger partial charge in [0.1, 0.15) is 5.78 Å². The molecule has 2 nitrogen and oxygen atoms in total. The van der Waals surface area contributed by atoms with Crippen LogP contribution in [0.3, 0.4) is 0 Å². The van der Waals surface area contributed by atoms with E-state index < -0.39 is 5.60 Å². The first-order chi connectivity index (χ1) is 9.66. The van der Waals surface area contributed by atoms with Crippen molar-refractivity contribution in [2.24, 2.45) is 29.1 Å². The summed E-state index contributed by atoms with van der Waals surface area (Å²) in [4.78, 5) is 12.2. The molecule has 21 heavy (non-hydrogen) atoms. The Morgan fingerprint density at radius 2 is 1.95 bits per heavy atom. The summed E-state index contributed by atoms with van der Waals surface area (Å²) in [5, 5.41) is 10.0. The van der Waals surface area contributed by atoms with Crippen molar-refractivity contribution in [3.05, 3.63) is 12.2 Å². The van der Waals surface area contributed by atoms with Crippen LogP contribution in [-0.2, 0) is 4.79 Å². The summed E-state index contributed by atoms with van der Waals surface area (Å²) < 4.78 is 0. The first kappa shape index (κ1) is 16.7. The molecule has 5 atom stereocenters. The number of hydrogen-bond acceptors (Lipinski definition) is 2. The van der Waals surface area contributed by atoms with E-state index in [1.807, 2.05) is 13.8 Å². The average molecular weight is 292 g/mol. The van der Waals surface area contributed by atoms with Crippen molar-refractivity contribution in [3.63, 3.8) is 0 Å². The summed E-state index contributed by atoms with van der Waals surface area (Å²) >= 11 is 0. The largest absolute Gasteiger partial charge is 0.390 e. The maximum absolute atomic E-state index is 12.2. The zero-order chi connectivity index (χ0) is 15.8. The maximum atomic E-state index is 12.2. The summed E-state index contributed by atoms with van der Waals surface area (Å²) in [6.45, 7) is 10.4. The topological polar surface area (TPSA) is 37.3 Å². The van der Waals surface area contributed by atoms with Gasteiger partial charge in [-0.15, -0.1) is 0 Å². The molecule has 2 saturated carbocycles. The van der Waals surface area contributed by atoms with Crippen molar-refractivity contribution in [2.45, 2.75) is 72.3 Å². The van der Waals surface area contributed by atoms with Crippen molar-refractivity contribution in [1.82, 2.24) is 0 Å². The van der Waals surface area contributed by atoms with Crippen LogP contribution in [0.4, 0.5) is 0 Å². The predicted octanol–water partition coefficient (Wildman–Crippen LogP) is 4.37. The quantitative estimate of drug-likeness (QED) is 0.781. The van der Waals surface area contributed by atoms with Gasteiger partial charge >= 0.3 is 0 Å². The van der Waals surface area contributed by atoms with Crippen LogP contribution in [0.2, 0.25) is 0 Å². The minimum absolute atomic E-state index is 0.151. The Balaban J connectivity index is 2.08. The molecule has 2 fully saturated rings. The Bertz CT molecular complexity index is 418. The van der Waals surface area contributed by atoms with Gasteiger partial charge in [0, 0.05) is 18.3 Å². The maximum Gasteiger partial charge on any atom is 0.136 e. The molecule has 0 unspecified atom stereocenters. The van der Waals surface area contributed by atoms with E-state index in [2.05, 4.69) is 32.9 Å². The smallest absolute Gasteiger partial charge is 0.136 e. The van der Waals surface area contributed by atoms with Crippen LogP contribution < -0.4 is 0 Å². The summed E-state index contributed by atoms with van der Waals surface area (Å²) in [7, 11) is 0. The molecule has 0 saturated heterocycles. The number of aliphatic hydroxyl groups is 1. The zero-order valence-electron chi connectivity index (χ0n) is 14.4. The minimum Gasteiger partial charge on any atom is -0.390 e. The molecule has 2 heteroatoms. The summed E-state index contributed by atoms with van der Waals surface area (Å²) in [6.07, 6.45) is 9.76. The lowest BCUT2D eigenvalue weighted by Gasteiger charge is -2.41. The van der Waals surface area contributed by atoms with E-state index in [1.54, 1.807) is 0 Å². The molecule has 0 spiro atoms. The number of Topliss-reactive ketones (excluding diaryl/α,β-unsaturated/α-hetero) is 1. The van der Waals surface area contributed by atoms with Crippen LogP contribution in [0.25, 0.3) is 0 Å². The van der Waals surface area contributed by atoms with E-state index in [4.69, 9.17) is 0 Å². The molecule has 2 aliphatic carbocycles. The summed E-state index contributed by atoms with van der Waals surface area (Å²) in [6, 6.07) is 0. The van der Waals surface area contributed by atoms with Gasteiger partial charge in [-0.25, -0.2) is 0 Å². The number of hydrogen-bond donors (Lipinski definition) is 1. The van der Waals surface area contributed by atoms with Crippen molar-refractivity contribution in [1.29, 1.82) is 0 Å². The highest BCUT2D eigenvalue weighted by molar-refractivity contribution is 5.83. The molecule has 1 N–H and O–H groups in total. The predicted molar refractivity (Wildman–Crippen MR) is 86.9 cm³/mol. The Morgan fingerprint density at radius 1 is 1.29 bits per heavy atom. The average Bonchev–Trinajstić information content (AvgIpc) is 2.73. The molecule has 2 rings (SSSR count). The van der Waals surface area contributed by atoms with Crippen molar-refractivity contribution < 1.29 is 9.90 Å². The van der Waals surface area contributed by atoms with Gasteiger partial charge in [0.15, 0.2) is 0 Å². The zero-order valence-corrected chi connectivity index (χ0v) is 14.4. The fourth-order valence-corrected chi connectivity index (χ4v) is 4.55. The highest BCUT2D eigenvalue weighted by Crippen LogP contribution is 2.56. The van der Waals surface area contributed by atoms with Gasteiger partial charge in [0.25, 0.3) is 0 Å². The second-order valence-electron chi connectivity index (χ2n) is 8.25. The summed E-state index contributed by atoms with van der Waals surface area (Å²) in [5.41, 5.74) is -0.462. The lowest BCUT2D eigenvalue weighted by atomic mass is 9.62. The van der Waals surface area contributed by atoms with Crippen molar-refractivity contribution in [3.8, 4) is 0 Å². The number of carbonyl (C=O) groups is 1. The number of rotatable bonds is 4. The van der Waals surface area contributed by atoms with E-state index in [9.17, 15) is 9.90 Å². The summed E-state index contributed by atoms with van der Waals surface area (Å²) in [5.74, 6) is 2.05. The molecule has 0 heterocycles. The fourth-order valence-electron chi connectivity index (χ4n) is 4.55. The van der Waals surface area contributed by atoms with Gasteiger partial charge in [-0.3, -0.25) is 4.79 Å². The van der Waals surface area contributed by atoms with E-state index in [0.717, 1.165) is 19.3 Å². The van der Waals surface area contributed by atoms with Crippen molar-refractivity contribution in [2.75, 3.05) is 0 Å². The van der Waals surface area contributed by atoms with Crippen LogP contribution in [0.5, 0.6) is 0 Å². The second-order valence-corrected chi connectivity index (χ2v) is 8.25. The molecule has 0 amide bonds. The van der Waals surface area contributed by atoms with Gasteiger partial charge in [0.2, 0.25) is 0 Å². The Kier molecular flexibility index (Phi) is 4.68. The molecular formula is C19H32O2. The molecule has 0 bridgehead atoms. The SMILES string of the molecule is C[C@H](C=C[C@H](C)C(C)(C)O)[C@H]1CC[C@H]2C(=O)CCC[C@]12C. The van der Waals surface area contributed by atoms with E-state index >= 15 is 0 Å². The van der Waals surface area contributed by atoms with E-state index in [1.165, 1.54) is 12.8 Å². The van der Waals surface area contributed by atoms with E-state index in [0.29, 0.717) is 23.5 Å². The van der Waals surface area contributed by atoms with Gasteiger partial charge in [0.05, 0.1) is 5.60 Å².